The molecule has 0 radical (unpaired) electrons. The van der Waals surface area contributed by atoms with E-state index in [1.807, 2.05) is 23.1 Å². The van der Waals surface area contributed by atoms with Gasteiger partial charge in [0.15, 0.2) is 0 Å². The van der Waals surface area contributed by atoms with Gasteiger partial charge in [-0.05, 0) is 50.0 Å². The molecule has 1 aromatic carbocycles. The molecule has 23 heavy (non-hydrogen) atoms. The summed E-state index contributed by atoms with van der Waals surface area (Å²) in [5.74, 6) is 1.09. The molecule has 0 aliphatic carbocycles. The van der Waals surface area contributed by atoms with Crippen molar-refractivity contribution in [3.63, 3.8) is 0 Å². The van der Waals surface area contributed by atoms with Crippen LogP contribution >= 0.6 is 11.6 Å². The molecule has 0 spiro atoms. The van der Waals surface area contributed by atoms with Crippen LogP contribution in [0.25, 0.3) is 0 Å². The number of hydrogen-bond acceptors (Lipinski definition) is 3. The summed E-state index contributed by atoms with van der Waals surface area (Å²) in [6, 6.07) is 7.95. The number of hydrogen-bond donors (Lipinski definition) is 0. The molecule has 0 N–H and O–H groups in total. The lowest BCUT2D eigenvalue weighted by molar-refractivity contribution is -0.133. The molecule has 1 amide bonds. The summed E-state index contributed by atoms with van der Waals surface area (Å²) >= 11 is 6.07. The molecule has 0 aromatic heterocycles. The van der Waals surface area contributed by atoms with Gasteiger partial charge in [0.1, 0.15) is 0 Å². The highest BCUT2D eigenvalue weighted by atomic mass is 35.5. The third-order valence-corrected chi connectivity index (χ3v) is 5.28. The second-order valence-electron chi connectivity index (χ2n) is 6.81. The lowest BCUT2D eigenvalue weighted by Crippen LogP contribution is -2.51. The van der Waals surface area contributed by atoms with E-state index in [1.54, 1.807) is 0 Å². The zero-order valence-corrected chi connectivity index (χ0v) is 14.6. The quantitative estimate of drug-likeness (QED) is 0.849. The van der Waals surface area contributed by atoms with Gasteiger partial charge in [0.05, 0.1) is 6.54 Å². The van der Waals surface area contributed by atoms with Gasteiger partial charge in [-0.15, -0.1) is 0 Å². The van der Waals surface area contributed by atoms with Crippen LogP contribution in [0.1, 0.15) is 19.8 Å². The van der Waals surface area contributed by atoms with Crippen molar-refractivity contribution in [2.24, 2.45) is 5.92 Å². The van der Waals surface area contributed by atoms with Crippen LogP contribution in [-0.4, -0.2) is 61.5 Å². The lowest BCUT2D eigenvalue weighted by atomic mass is 9.99. The highest BCUT2D eigenvalue weighted by molar-refractivity contribution is 6.30. The molecule has 0 bridgehead atoms. The minimum Gasteiger partial charge on any atom is -0.368 e. The summed E-state index contributed by atoms with van der Waals surface area (Å²) in [6.45, 7) is 8.38. The van der Waals surface area contributed by atoms with Crippen molar-refractivity contribution in [3.05, 3.63) is 29.3 Å². The van der Waals surface area contributed by atoms with Gasteiger partial charge in [0.2, 0.25) is 5.91 Å². The third kappa shape index (κ3) is 4.39. The summed E-state index contributed by atoms with van der Waals surface area (Å²) in [6.07, 6.45) is 2.44. The molecule has 2 fully saturated rings. The van der Waals surface area contributed by atoms with Crippen LogP contribution in [0.2, 0.25) is 5.02 Å². The SMILES string of the molecule is CC1CCN(CC(=O)N2CCN(c3cccc(Cl)c3)CC2)CC1. The fourth-order valence-electron chi connectivity index (χ4n) is 3.40. The molecular weight excluding hydrogens is 310 g/mol. The summed E-state index contributed by atoms with van der Waals surface area (Å²) in [5.41, 5.74) is 1.15. The van der Waals surface area contributed by atoms with E-state index in [4.69, 9.17) is 11.6 Å². The number of anilines is 1. The number of carbonyl (C=O) groups is 1. The van der Waals surface area contributed by atoms with Crippen molar-refractivity contribution >= 4 is 23.2 Å². The highest BCUT2D eigenvalue weighted by Gasteiger charge is 2.24. The first-order chi connectivity index (χ1) is 11.1. The van der Waals surface area contributed by atoms with Crippen molar-refractivity contribution in [1.82, 2.24) is 9.80 Å². The topological polar surface area (TPSA) is 26.8 Å². The van der Waals surface area contributed by atoms with Crippen LogP contribution < -0.4 is 4.90 Å². The molecule has 126 valence electrons. The standard InChI is InChI=1S/C18H26ClN3O/c1-15-5-7-20(8-6-15)14-18(23)22-11-9-21(10-12-22)17-4-2-3-16(19)13-17/h2-4,13,15H,5-12,14H2,1H3. The predicted octanol–water partition coefficient (Wildman–Crippen LogP) is 2.72. The van der Waals surface area contributed by atoms with Crippen LogP contribution in [0.15, 0.2) is 24.3 Å². The fourth-order valence-corrected chi connectivity index (χ4v) is 3.58. The van der Waals surface area contributed by atoms with Crippen molar-refractivity contribution in [3.8, 4) is 0 Å². The molecule has 2 aliphatic rings. The summed E-state index contributed by atoms with van der Waals surface area (Å²) in [7, 11) is 0. The Labute approximate surface area is 144 Å². The Bertz CT molecular complexity index is 535. The zero-order valence-electron chi connectivity index (χ0n) is 13.9. The number of likely N-dealkylation sites (tertiary alicyclic amines) is 1. The maximum atomic E-state index is 12.5. The molecule has 5 heteroatoms. The van der Waals surface area contributed by atoms with Crippen LogP contribution in [0.5, 0.6) is 0 Å². The minimum atomic E-state index is 0.283. The third-order valence-electron chi connectivity index (χ3n) is 5.04. The van der Waals surface area contributed by atoms with Crippen molar-refractivity contribution < 1.29 is 4.79 Å². The van der Waals surface area contributed by atoms with Gasteiger partial charge in [0, 0.05) is 36.9 Å². The molecule has 2 aliphatic heterocycles. The number of benzene rings is 1. The number of nitrogens with zero attached hydrogens (tertiary/aromatic N) is 3. The molecule has 3 rings (SSSR count). The maximum Gasteiger partial charge on any atom is 0.236 e. The number of halogens is 1. The molecule has 0 atom stereocenters. The van der Waals surface area contributed by atoms with E-state index in [2.05, 4.69) is 22.8 Å². The number of piperazine rings is 1. The van der Waals surface area contributed by atoms with Gasteiger partial charge >= 0.3 is 0 Å². The van der Waals surface area contributed by atoms with Gasteiger partial charge in [-0.3, -0.25) is 9.69 Å². The van der Waals surface area contributed by atoms with Gasteiger partial charge in [-0.1, -0.05) is 24.6 Å². The van der Waals surface area contributed by atoms with E-state index in [9.17, 15) is 4.79 Å². The normalized spacial score (nSPS) is 20.8. The van der Waals surface area contributed by atoms with E-state index < -0.39 is 0 Å². The zero-order chi connectivity index (χ0) is 16.2. The monoisotopic (exact) mass is 335 g/mol. The smallest absolute Gasteiger partial charge is 0.236 e. The predicted molar refractivity (Wildman–Crippen MR) is 95.1 cm³/mol. The molecule has 0 saturated carbocycles. The second kappa shape index (κ2) is 7.54. The summed E-state index contributed by atoms with van der Waals surface area (Å²) in [4.78, 5) is 19.1. The Morgan fingerprint density at radius 3 is 2.48 bits per heavy atom. The van der Waals surface area contributed by atoms with Crippen LogP contribution in [0, 0.1) is 5.92 Å². The van der Waals surface area contributed by atoms with Gasteiger partial charge in [-0.25, -0.2) is 0 Å². The van der Waals surface area contributed by atoms with Crippen LogP contribution in [0.3, 0.4) is 0 Å². The van der Waals surface area contributed by atoms with E-state index in [0.29, 0.717) is 6.54 Å². The maximum absolute atomic E-state index is 12.5. The first-order valence-electron chi connectivity index (χ1n) is 8.62. The highest BCUT2D eigenvalue weighted by Crippen LogP contribution is 2.21. The molecule has 0 unspecified atom stereocenters. The van der Waals surface area contributed by atoms with E-state index in [0.717, 1.165) is 55.9 Å². The van der Waals surface area contributed by atoms with Gasteiger partial charge in [-0.2, -0.15) is 0 Å². The second-order valence-corrected chi connectivity index (χ2v) is 7.24. The number of amides is 1. The molecular formula is C18H26ClN3O. The molecule has 1 aromatic rings. The Morgan fingerprint density at radius 2 is 1.83 bits per heavy atom. The van der Waals surface area contributed by atoms with E-state index in [1.165, 1.54) is 12.8 Å². The average Bonchev–Trinajstić information content (AvgIpc) is 2.57. The lowest BCUT2D eigenvalue weighted by Gasteiger charge is -2.38. The summed E-state index contributed by atoms with van der Waals surface area (Å²) < 4.78 is 0. The van der Waals surface area contributed by atoms with Crippen LogP contribution in [0.4, 0.5) is 5.69 Å². The van der Waals surface area contributed by atoms with Crippen LogP contribution in [-0.2, 0) is 4.79 Å². The number of piperidine rings is 1. The van der Waals surface area contributed by atoms with E-state index in [-0.39, 0.29) is 5.91 Å². The van der Waals surface area contributed by atoms with Gasteiger partial charge < -0.3 is 9.80 Å². The first kappa shape index (κ1) is 16.6. The van der Waals surface area contributed by atoms with E-state index >= 15 is 0 Å². The fraction of sp³-hybridized carbons (Fsp3) is 0.611. The molecule has 2 saturated heterocycles. The summed E-state index contributed by atoms with van der Waals surface area (Å²) in [5, 5.41) is 0.764. The minimum absolute atomic E-state index is 0.283. The van der Waals surface area contributed by atoms with Crippen molar-refractivity contribution in [2.45, 2.75) is 19.8 Å². The van der Waals surface area contributed by atoms with Gasteiger partial charge in [0.25, 0.3) is 0 Å². The first-order valence-corrected chi connectivity index (χ1v) is 9.00. The Balaban J connectivity index is 1.47. The Morgan fingerprint density at radius 1 is 1.13 bits per heavy atom. The van der Waals surface area contributed by atoms with Crippen molar-refractivity contribution in [1.29, 1.82) is 0 Å². The number of carbonyl (C=O) groups excluding carboxylic acids is 1. The number of rotatable bonds is 3. The molecule has 4 nitrogen and oxygen atoms in total. The Kier molecular flexibility index (Phi) is 5.44. The molecule has 2 heterocycles. The largest absolute Gasteiger partial charge is 0.368 e. The average molecular weight is 336 g/mol. The van der Waals surface area contributed by atoms with Crippen molar-refractivity contribution in [2.75, 3.05) is 50.7 Å². The Hall–Kier alpha value is -1.26.